The molecule has 2 heterocycles. The first-order valence-corrected chi connectivity index (χ1v) is 14.7. The second kappa shape index (κ2) is 14.1. The standard InChI is InChI=1S/C32H42N4O5/c1-23(2)20-27-22-34(31(40)32(41)36(27)19-16-25-11-13-28(37)14-12-25)17-7-6-10-26-21-33-29(38)30(39)35(26)18-15-24-8-4-3-5-9-24/h3-5,8-9,11-14,23,26-27,37H,6-7,10,15-22H2,1-2H3,(H,33,38)/t26-,27+/m1/s1. The van der Waals surface area contributed by atoms with Crippen LogP contribution in [0.25, 0.3) is 0 Å². The Kier molecular flexibility index (Phi) is 10.4. The quantitative estimate of drug-likeness (QED) is 0.288. The number of nitrogens with one attached hydrogen (secondary N) is 1. The number of aromatic hydroxyl groups is 1. The van der Waals surface area contributed by atoms with Crippen LogP contribution < -0.4 is 5.32 Å². The van der Waals surface area contributed by atoms with Crippen LogP contribution in [0.15, 0.2) is 54.6 Å². The Morgan fingerprint density at radius 1 is 0.780 bits per heavy atom. The number of nitrogens with zero attached hydrogens (tertiary/aromatic N) is 3. The summed E-state index contributed by atoms with van der Waals surface area (Å²) in [6.07, 6.45) is 4.31. The van der Waals surface area contributed by atoms with E-state index < -0.39 is 23.6 Å². The van der Waals surface area contributed by atoms with Crippen molar-refractivity contribution in [3.63, 3.8) is 0 Å². The molecule has 2 saturated heterocycles. The van der Waals surface area contributed by atoms with Gasteiger partial charge in [0.05, 0.1) is 6.04 Å². The maximum Gasteiger partial charge on any atom is 0.312 e. The van der Waals surface area contributed by atoms with Gasteiger partial charge in [0.1, 0.15) is 5.75 Å². The Hall–Kier alpha value is -3.88. The fourth-order valence-electron chi connectivity index (χ4n) is 5.81. The second-order valence-electron chi connectivity index (χ2n) is 11.5. The summed E-state index contributed by atoms with van der Waals surface area (Å²) in [6, 6.07) is 16.7. The molecule has 9 heteroatoms. The predicted molar refractivity (Wildman–Crippen MR) is 156 cm³/mol. The molecule has 4 rings (SSSR count). The number of hydrogen-bond acceptors (Lipinski definition) is 5. The van der Waals surface area contributed by atoms with Crippen molar-refractivity contribution in [3.8, 4) is 5.75 Å². The van der Waals surface area contributed by atoms with Gasteiger partial charge in [-0.1, -0.05) is 56.3 Å². The molecule has 0 radical (unpaired) electrons. The molecular weight excluding hydrogens is 520 g/mol. The van der Waals surface area contributed by atoms with Crippen LogP contribution in [0.4, 0.5) is 0 Å². The third-order valence-corrected chi connectivity index (χ3v) is 8.02. The zero-order valence-electron chi connectivity index (χ0n) is 24.1. The molecular formula is C32H42N4O5. The van der Waals surface area contributed by atoms with Gasteiger partial charge in [0, 0.05) is 38.8 Å². The minimum atomic E-state index is -0.558. The van der Waals surface area contributed by atoms with E-state index in [1.807, 2.05) is 42.5 Å². The minimum absolute atomic E-state index is 0.0445. The molecule has 2 aromatic carbocycles. The topological polar surface area (TPSA) is 110 Å². The van der Waals surface area contributed by atoms with Crippen LogP contribution in [0.5, 0.6) is 5.75 Å². The molecule has 0 saturated carbocycles. The maximum absolute atomic E-state index is 13.2. The highest BCUT2D eigenvalue weighted by molar-refractivity contribution is 6.36. The molecule has 2 fully saturated rings. The molecule has 2 aliphatic rings. The molecule has 2 aromatic rings. The lowest BCUT2D eigenvalue weighted by Crippen LogP contribution is -2.60. The van der Waals surface area contributed by atoms with Crippen molar-refractivity contribution in [3.05, 3.63) is 65.7 Å². The van der Waals surface area contributed by atoms with Gasteiger partial charge < -0.3 is 25.1 Å². The van der Waals surface area contributed by atoms with Gasteiger partial charge in [0.25, 0.3) is 0 Å². The number of carbonyl (C=O) groups excluding carboxylic acids is 4. The highest BCUT2D eigenvalue weighted by Gasteiger charge is 2.39. The monoisotopic (exact) mass is 562 g/mol. The lowest BCUT2D eigenvalue weighted by Gasteiger charge is -2.41. The number of rotatable bonds is 13. The van der Waals surface area contributed by atoms with Gasteiger partial charge in [0.2, 0.25) is 0 Å². The number of phenolic OH excluding ortho intramolecular Hbond substituents is 1. The number of piperazine rings is 2. The normalized spacial score (nSPS) is 19.7. The second-order valence-corrected chi connectivity index (χ2v) is 11.5. The minimum Gasteiger partial charge on any atom is -0.508 e. The highest BCUT2D eigenvalue weighted by atomic mass is 16.3. The van der Waals surface area contributed by atoms with Gasteiger partial charge >= 0.3 is 23.6 Å². The summed E-state index contributed by atoms with van der Waals surface area (Å²) in [6.45, 7) is 6.61. The summed E-state index contributed by atoms with van der Waals surface area (Å²) in [4.78, 5) is 56.1. The summed E-state index contributed by atoms with van der Waals surface area (Å²) in [5.74, 6) is -1.38. The number of carbonyl (C=O) groups is 4. The fourth-order valence-corrected chi connectivity index (χ4v) is 5.81. The number of hydrogen-bond donors (Lipinski definition) is 2. The van der Waals surface area contributed by atoms with Crippen molar-refractivity contribution in [1.29, 1.82) is 0 Å². The third kappa shape index (κ3) is 8.08. The van der Waals surface area contributed by atoms with Crippen LogP contribution in [-0.2, 0) is 32.0 Å². The van der Waals surface area contributed by atoms with Crippen molar-refractivity contribution < 1.29 is 24.3 Å². The SMILES string of the molecule is CC(C)C[C@H]1CN(CCCC[C@@H]2CNC(=O)C(=O)N2CCc2ccccc2)C(=O)C(=O)N1CCc1ccc(O)cc1. The number of amides is 4. The van der Waals surface area contributed by atoms with Crippen LogP contribution in [0.3, 0.4) is 0 Å². The first-order chi connectivity index (χ1) is 19.7. The lowest BCUT2D eigenvalue weighted by molar-refractivity contribution is -0.159. The van der Waals surface area contributed by atoms with Crippen LogP contribution in [-0.4, -0.2) is 88.2 Å². The average Bonchev–Trinajstić information content (AvgIpc) is 2.96. The Morgan fingerprint density at radius 3 is 2.07 bits per heavy atom. The molecule has 41 heavy (non-hydrogen) atoms. The van der Waals surface area contributed by atoms with Crippen LogP contribution in [0.2, 0.25) is 0 Å². The van der Waals surface area contributed by atoms with E-state index in [-0.39, 0.29) is 17.8 Å². The molecule has 0 spiro atoms. The average molecular weight is 563 g/mol. The Labute approximate surface area is 242 Å². The van der Waals surface area contributed by atoms with E-state index in [2.05, 4.69) is 19.2 Å². The maximum atomic E-state index is 13.2. The Bertz CT molecular complexity index is 1200. The Morgan fingerprint density at radius 2 is 1.41 bits per heavy atom. The largest absolute Gasteiger partial charge is 0.508 e. The molecule has 4 amide bonds. The zero-order chi connectivity index (χ0) is 29.4. The molecule has 2 aliphatic heterocycles. The van der Waals surface area contributed by atoms with E-state index in [1.54, 1.807) is 26.8 Å². The van der Waals surface area contributed by atoms with Crippen molar-refractivity contribution in [2.45, 2.75) is 64.5 Å². The third-order valence-electron chi connectivity index (χ3n) is 8.02. The van der Waals surface area contributed by atoms with Crippen molar-refractivity contribution in [1.82, 2.24) is 20.0 Å². The van der Waals surface area contributed by atoms with Gasteiger partial charge in [-0.15, -0.1) is 0 Å². The van der Waals surface area contributed by atoms with Crippen LogP contribution in [0.1, 0.15) is 50.7 Å². The lowest BCUT2D eigenvalue weighted by atomic mass is 9.98. The van der Waals surface area contributed by atoms with E-state index in [9.17, 15) is 24.3 Å². The van der Waals surface area contributed by atoms with E-state index in [1.165, 1.54) is 0 Å². The van der Waals surface area contributed by atoms with E-state index >= 15 is 0 Å². The number of unbranched alkanes of at least 4 members (excludes halogenated alkanes) is 1. The van der Waals surface area contributed by atoms with Gasteiger partial charge in [-0.05, 0) is 67.7 Å². The van der Waals surface area contributed by atoms with Crippen molar-refractivity contribution in [2.24, 2.45) is 5.92 Å². The zero-order valence-corrected chi connectivity index (χ0v) is 24.1. The van der Waals surface area contributed by atoms with E-state index in [0.717, 1.165) is 24.0 Å². The number of phenols is 1. The first-order valence-electron chi connectivity index (χ1n) is 14.7. The number of benzene rings is 2. The molecule has 9 nitrogen and oxygen atoms in total. The van der Waals surface area contributed by atoms with Gasteiger partial charge in [-0.3, -0.25) is 19.2 Å². The van der Waals surface area contributed by atoms with E-state index in [4.69, 9.17) is 0 Å². The molecule has 0 aliphatic carbocycles. The van der Waals surface area contributed by atoms with E-state index in [0.29, 0.717) is 64.3 Å². The van der Waals surface area contributed by atoms with Crippen LogP contribution >= 0.6 is 0 Å². The molecule has 0 bridgehead atoms. The predicted octanol–water partition coefficient (Wildman–Crippen LogP) is 2.76. The van der Waals surface area contributed by atoms with Crippen LogP contribution in [0, 0.1) is 5.92 Å². The summed E-state index contributed by atoms with van der Waals surface area (Å²) in [5, 5.41) is 12.2. The molecule has 2 atom stereocenters. The Balaban J connectivity index is 1.30. The van der Waals surface area contributed by atoms with Gasteiger partial charge in [0.15, 0.2) is 0 Å². The molecule has 0 unspecified atom stereocenters. The summed E-state index contributed by atoms with van der Waals surface area (Å²) < 4.78 is 0. The molecule has 2 N–H and O–H groups in total. The molecule has 220 valence electrons. The summed E-state index contributed by atoms with van der Waals surface area (Å²) in [7, 11) is 0. The summed E-state index contributed by atoms with van der Waals surface area (Å²) >= 11 is 0. The van der Waals surface area contributed by atoms with Crippen molar-refractivity contribution >= 4 is 23.6 Å². The van der Waals surface area contributed by atoms with Crippen molar-refractivity contribution in [2.75, 3.05) is 32.7 Å². The van der Waals surface area contributed by atoms with Gasteiger partial charge in [-0.25, -0.2) is 0 Å². The first kappa shape index (κ1) is 30.1. The highest BCUT2D eigenvalue weighted by Crippen LogP contribution is 2.22. The molecule has 0 aromatic heterocycles. The summed E-state index contributed by atoms with van der Waals surface area (Å²) in [5.41, 5.74) is 2.12. The fraction of sp³-hybridized carbons (Fsp3) is 0.500. The smallest absolute Gasteiger partial charge is 0.312 e. The van der Waals surface area contributed by atoms with Gasteiger partial charge in [-0.2, -0.15) is 0 Å².